The van der Waals surface area contributed by atoms with E-state index in [1.807, 2.05) is 0 Å². The van der Waals surface area contributed by atoms with Crippen LogP contribution in [0.15, 0.2) is 18.2 Å². The van der Waals surface area contributed by atoms with Crippen molar-refractivity contribution in [2.24, 2.45) is 11.8 Å². The smallest absolute Gasteiger partial charge is 0.256 e. The van der Waals surface area contributed by atoms with Crippen molar-refractivity contribution in [1.29, 1.82) is 0 Å². The lowest BCUT2D eigenvalue weighted by Crippen LogP contribution is -2.44. The normalized spacial score (nSPS) is 16.2. The summed E-state index contributed by atoms with van der Waals surface area (Å²) in [5.41, 5.74) is -0.124. The summed E-state index contributed by atoms with van der Waals surface area (Å²) in [7, 11) is 0. The first-order valence-electron chi connectivity index (χ1n) is 9.98. The topological polar surface area (TPSA) is 49.4 Å². The molecule has 1 atom stereocenters. The van der Waals surface area contributed by atoms with Gasteiger partial charge in [-0.05, 0) is 37.3 Å². The molecule has 1 aliphatic heterocycles. The van der Waals surface area contributed by atoms with Gasteiger partial charge in [0, 0.05) is 31.6 Å². The summed E-state index contributed by atoms with van der Waals surface area (Å²) in [5, 5.41) is 3.06. The van der Waals surface area contributed by atoms with Crippen molar-refractivity contribution in [3.63, 3.8) is 0 Å². The zero-order chi connectivity index (χ0) is 19.8. The predicted octanol–water partition coefficient (Wildman–Crippen LogP) is 4.15. The molecule has 2 amide bonds. The first kappa shape index (κ1) is 21.3. The van der Waals surface area contributed by atoms with Gasteiger partial charge in [-0.15, -0.1) is 0 Å². The van der Waals surface area contributed by atoms with E-state index in [1.54, 1.807) is 0 Å². The van der Waals surface area contributed by atoms with E-state index in [0.29, 0.717) is 38.4 Å². The molecule has 1 aromatic rings. The second-order valence-electron chi connectivity index (χ2n) is 7.35. The molecule has 150 valence electrons. The maximum absolute atomic E-state index is 13.8. The van der Waals surface area contributed by atoms with E-state index in [1.165, 1.54) is 17.4 Å². The molecule has 0 aliphatic carbocycles. The summed E-state index contributed by atoms with van der Waals surface area (Å²) in [6.45, 7) is 5.82. The lowest BCUT2D eigenvalue weighted by molar-refractivity contribution is -0.126. The first-order chi connectivity index (χ1) is 13.0. The number of carbonyl (C=O) groups is 2. The second kappa shape index (κ2) is 10.4. The van der Waals surface area contributed by atoms with Crippen molar-refractivity contribution in [2.75, 3.05) is 19.6 Å². The van der Waals surface area contributed by atoms with Crippen LogP contribution in [0.4, 0.5) is 8.78 Å². The third kappa shape index (κ3) is 6.01. The number of rotatable bonds is 8. The highest BCUT2D eigenvalue weighted by atomic mass is 19.1. The molecule has 0 saturated carbocycles. The van der Waals surface area contributed by atoms with Gasteiger partial charge in [0.2, 0.25) is 5.91 Å². The van der Waals surface area contributed by atoms with Crippen LogP contribution in [-0.2, 0) is 4.79 Å². The fourth-order valence-electron chi connectivity index (χ4n) is 3.51. The molecule has 0 radical (unpaired) electrons. The summed E-state index contributed by atoms with van der Waals surface area (Å²) < 4.78 is 26.8. The van der Waals surface area contributed by atoms with Gasteiger partial charge in [-0.25, -0.2) is 8.78 Å². The minimum Gasteiger partial charge on any atom is -0.356 e. The molecule has 1 saturated heterocycles. The molecule has 6 heteroatoms. The van der Waals surface area contributed by atoms with Crippen LogP contribution < -0.4 is 5.32 Å². The van der Waals surface area contributed by atoms with Crippen LogP contribution in [-0.4, -0.2) is 36.3 Å². The number of halogens is 2. The number of hydrogen-bond acceptors (Lipinski definition) is 2. The number of nitrogens with zero attached hydrogens (tertiary/aromatic N) is 1. The van der Waals surface area contributed by atoms with Crippen LogP contribution in [0.2, 0.25) is 0 Å². The van der Waals surface area contributed by atoms with Crippen LogP contribution in [0.3, 0.4) is 0 Å². The van der Waals surface area contributed by atoms with Gasteiger partial charge < -0.3 is 10.2 Å². The number of likely N-dealkylation sites (tertiary alicyclic amines) is 1. The van der Waals surface area contributed by atoms with Gasteiger partial charge in [0.15, 0.2) is 0 Å². The van der Waals surface area contributed by atoms with Gasteiger partial charge in [0.05, 0.1) is 5.56 Å². The van der Waals surface area contributed by atoms with Crippen molar-refractivity contribution >= 4 is 11.8 Å². The quantitative estimate of drug-likeness (QED) is 0.737. The number of nitrogens with one attached hydrogen (secondary N) is 1. The fraction of sp³-hybridized carbons (Fsp3) is 0.619. The summed E-state index contributed by atoms with van der Waals surface area (Å²) in [5.74, 6) is -1.56. The lowest BCUT2D eigenvalue weighted by atomic mass is 9.94. The zero-order valence-corrected chi connectivity index (χ0v) is 16.3. The Balaban J connectivity index is 1.82. The number of amides is 2. The molecule has 2 rings (SSSR count). The second-order valence-corrected chi connectivity index (χ2v) is 7.35. The van der Waals surface area contributed by atoms with Crippen molar-refractivity contribution in [1.82, 2.24) is 10.2 Å². The van der Waals surface area contributed by atoms with Gasteiger partial charge >= 0.3 is 0 Å². The number of hydrogen-bond donors (Lipinski definition) is 1. The number of benzene rings is 1. The molecular weight excluding hydrogens is 350 g/mol. The Kier molecular flexibility index (Phi) is 8.20. The van der Waals surface area contributed by atoms with Crippen molar-refractivity contribution in [3.8, 4) is 0 Å². The monoisotopic (exact) mass is 380 g/mol. The molecule has 1 heterocycles. The molecule has 4 nitrogen and oxygen atoms in total. The third-order valence-electron chi connectivity index (χ3n) is 5.42. The van der Waals surface area contributed by atoms with Gasteiger partial charge in [-0.2, -0.15) is 0 Å². The molecule has 1 aliphatic rings. The summed E-state index contributed by atoms with van der Waals surface area (Å²) in [6.07, 6.45) is 5.64. The van der Waals surface area contributed by atoms with Crippen molar-refractivity contribution in [3.05, 3.63) is 35.4 Å². The molecule has 1 N–H and O–H groups in total. The van der Waals surface area contributed by atoms with E-state index in [-0.39, 0.29) is 17.4 Å². The molecule has 27 heavy (non-hydrogen) atoms. The van der Waals surface area contributed by atoms with Gasteiger partial charge in [-0.3, -0.25) is 9.59 Å². The third-order valence-corrected chi connectivity index (χ3v) is 5.42. The summed E-state index contributed by atoms with van der Waals surface area (Å²) in [6, 6.07) is 2.97. The van der Waals surface area contributed by atoms with E-state index < -0.39 is 17.5 Å². The number of piperidine rings is 1. The van der Waals surface area contributed by atoms with Crippen LogP contribution in [0.25, 0.3) is 0 Å². The van der Waals surface area contributed by atoms with Gasteiger partial charge in [-0.1, -0.05) is 33.1 Å². The molecule has 0 aromatic heterocycles. The Morgan fingerprint density at radius 1 is 1.22 bits per heavy atom. The van der Waals surface area contributed by atoms with Crippen LogP contribution in [0.5, 0.6) is 0 Å². The fourth-order valence-corrected chi connectivity index (χ4v) is 3.51. The van der Waals surface area contributed by atoms with Crippen molar-refractivity contribution in [2.45, 2.75) is 52.4 Å². The molecule has 1 unspecified atom stereocenters. The highest BCUT2D eigenvalue weighted by Gasteiger charge is 2.29. The highest BCUT2D eigenvalue weighted by Crippen LogP contribution is 2.21. The Morgan fingerprint density at radius 3 is 2.52 bits per heavy atom. The van der Waals surface area contributed by atoms with E-state index >= 15 is 0 Å². The van der Waals surface area contributed by atoms with E-state index in [4.69, 9.17) is 0 Å². The van der Waals surface area contributed by atoms with Crippen LogP contribution in [0.1, 0.15) is 62.7 Å². The maximum Gasteiger partial charge on any atom is 0.256 e. The SMILES string of the molecule is CCCCC(CC)CNC(=O)C1CCN(C(=O)c2ccc(F)cc2F)CC1. The number of unbranched alkanes of at least 4 members (excludes halogenated alkanes) is 1. The molecule has 0 spiro atoms. The predicted molar refractivity (Wildman–Crippen MR) is 101 cm³/mol. The van der Waals surface area contributed by atoms with E-state index in [0.717, 1.165) is 31.4 Å². The minimum absolute atomic E-state index is 0.0463. The average Bonchev–Trinajstić information content (AvgIpc) is 2.67. The van der Waals surface area contributed by atoms with E-state index in [2.05, 4.69) is 19.2 Å². The zero-order valence-electron chi connectivity index (χ0n) is 16.3. The molecule has 1 fully saturated rings. The Labute approximate surface area is 160 Å². The largest absolute Gasteiger partial charge is 0.356 e. The van der Waals surface area contributed by atoms with Crippen LogP contribution in [0, 0.1) is 23.5 Å². The summed E-state index contributed by atoms with van der Waals surface area (Å²) >= 11 is 0. The molecular formula is C21H30F2N2O2. The lowest BCUT2D eigenvalue weighted by Gasteiger charge is -2.31. The standard InChI is InChI=1S/C21H30F2N2O2/c1-3-5-6-15(4-2)14-24-20(26)16-9-11-25(12-10-16)21(27)18-8-7-17(22)13-19(18)23/h7-8,13,15-16H,3-6,9-12,14H2,1-2H3,(H,24,26). The van der Waals surface area contributed by atoms with E-state index in [9.17, 15) is 18.4 Å². The molecule has 0 bridgehead atoms. The Bertz CT molecular complexity index is 643. The van der Waals surface area contributed by atoms with Crippen molar-refractivity contribution < 1.29 is 18.4 Å². The molecule has 1 aromatic carbocycles. The van der Waals surface area contributed by atoms with Gasteiger partial charge in [0.25, 0.3) is 5.91 Å². The minimum atomic E-state index is -0.849. The number of carbonyl (C=O) groups excluding carboxylic acids is 2. The highest BCUT2D eigenvalue weighted by molar-refractivity contribution is 5.94. The Hall–Kier alpha value is -1.98. The Morgan fingerprint density at radius 2 is 1.93 bits per heavy atom. The first-order valence-corrected chi connectivity index (χ1v) is 9.98. The van der Waals surface area contributed by atoms with Crippen LogP contribution >= 0.6 is 0 Å². The van der Waals surface area contributed by atoms with Gasteiger partial charge in [0.1, 0.15) is 11.6 Å². The summed E-state index contributed by atoms with van der Waals surface area (Å²) in [4.78, 5) is 26.4. The maximum atomic E-state index is 13.8. The average molecular weight is 380 g/mol.